The van der Waals surface area contributed by atoms with E-state index in [9.17, 15) is 21.6 Å². The van der Waals surface area contributed by atoms with E-state index in [-0.39, 0.29) is 17.2 Å². The number of sulfonamides is 2. The van der Waals surface area contributed by atoms with E-state index in [1.165, 1.54) is 35.5 Å². The molecule has 0 aromatic heterocycles. The van der Waals surface area contributed by atoms with Crippen molar-refractivity contribution in [1.82, 2.24) is 0 Å². The van der Waals surface area contributed by atoms with E-state index in [2.05, 4.69) is 10.0 Å². The van der Waals surface area contributed by atoms with Crippen molar-refractivity contribution in [3.8, 4) is 5.75 Å². The summed E-state index contributed by atoms with van der Waals surface area (Å²) in [4.78, 5) is 13.0. The number of para-hydroxylation sites is 2. The van der Waals surface area contributed by atoms with E-state index in [1.54, 1.807) is 30.3 Å². The second-order valence-corrected chi connectivity index (χ2v) is 12.3. The molecular formula is C25H27N3O6S2. The predicted octanol–water partition coefficient (Wildman–Crippen LogP) is 3.66. The summed E-state index contributed by atoms with van der Waals surface area (Å²) in [6, 6.07) is 17.7. The maximum absolute atomic E-state index is 12.9. The molecule has 3 aromatic rings. The van der Waals surface area contributed by atoms with Gasteiger partial charge in [0.25, 0.3) is 15.9 Å². The van der Waals surface area contributed by atoms with Crippen LogP contribution in [0, 0.1) is 13.8 Å². The van der Waals surface area contributed by atoms with Crippen molar-refractivity contribution in [3.05, 3.63) is 77.9 Å². The molecule has 0 saturated carbocycles. The molecular weight excluding hydrogens is 502 g/mol. The van der Waals surface area contributed by atoms with Crippen LogP contribution < -0.4 is 19.1 Å². The summed E-state index contributed by atoms with van der Waals surface area (Å²) in [5, 5.41) is 2.68. The number of nitrogens with zero attached hydrogens (tertiary/aromatic N) is 1. The topological polar surface area (TPSA) is 122 Å². The van der Waals surface area contributed by atoms with Gasteiger partial charge in [0.1, 0.15) is 5.75 Å². The Morgan fingerprint density at radius 1 is 1.00 bits per heavy atom. The highest BCUT2D eigenvalue weighted by Gasteiger charge is 2.36. The van der Waals surface area contributed by atoms with Gasteiger partial charge in [0.2, 0.25) is 10.0 Å². The lowest BCUT2D eigenvalue weighted by molar-refractivity contribution is -0.122. The first-order valence-electron chi connectivity index (χ1n) is 11.3. The van der Waals surface area contributed by atoms with Gasteiger partial charge >= 0.3 is 0 Å². The zero-order valence-corrected chi connectivity index (χ0v) is 21.7. The molecule has 0 spiro atoms. The highest BCUT2D eigenvalue weighted by atomic mass is 32.2. The van der Waals surface area contributed by atoms with E-state index in [1.807, 2.05) is 26.0 Å². The van der Waals surface area contributed by atoms with Crippen LogP contribution in [-0.4, -0.2) is 41.1 Å². The Labute approximate surface area is 211 Å². The zero-order valence-electron chi connectivity index (χ0n) is 20.1. The maximum Gasteiger partial charge on any atom is 0.267 e. The van der Waals surface area contributed by atoms with Crippen molar-refractivity contribution in [2.75, 3.05) is 26.6 Å². The molecule has 1 aliphatic heterocycles. The van der Waals surface area contributed by atoms with Crippen molar-refractivity contribution in [3.63, 3.8) is 0 Å². The summed E-state index contributed by atoms with van der Waals surface area (Å²) in [5.41, 5.74) is 3.04. The third-order valence-corrected chi connectivity index (χ3v) is 8.91. The first-order chi connectivity index (χ1) is 17.0. The van der Waals surface area contributed by atoms with Crippen LogP contribution in [0.25, 0.3) is 0 Å². The van der Waals surface area contributed by atoms with Gasteiger partial charge < -0.3 is 10.1 Å². The van der Waals surface area contributed by atoms with Crippen LogP contribution in [0.15, 0.2) is 71.6 Å². The Balaban J connectivity index is 1.49. The third-order valence-electron chi connectivity index (χ3n) is 5.79. The Morgan fingerprint density at radius 2 is 1.69 bits per heavy atom. The fraction of sp³-hybridized carbons (Fsp3) is 0.240. The smallest absolute Gasteiger partial charge is 0.267 e. The summed E-state index contributed by atoms with van der Waals surface area (Å²) in [6.45, 7) is 5.11. The molecule has 11 heteroatoms. The second-order valence-electron chi connectivity index (χ2n) is 8.44. The molecule has 1 amide bonds. The number of ether oxygens (including phenoxy) is 1. The van der Waals surface area contributed by atoms with Gasteiger partial charge in [-0.25, -0.2) is 16.8 Å². The molecule has 36 heavy (non-hydrogen) atoms. The normalized spacial score (nSPS) is 15.5. The van der Waals surface area contributed by atoms with Crippen LogP contribution in [0.4, 0.5) is 17.1 Å². The van der Waals surface area contributed by atoms with Crippen LogP contribution in [0.3, 0.4) is 0 Å². The van der Waals surface area contributed by atoms with Crippen LogP contribution >= 0.6 is 0 Å². The molecule has 0 radical (unpaired) electrons. The average molecular weight is 530 g/mol. The van der Waals surface area contributed by atoms with E-state index >= 15 is 0 Å². The van der Waals surface area contributed by atoms with Crippen LogP contribution in [-0.2, 0) is 24.8 Å². The maximum atomic E-state index is 12.9. The molecule has 0 bridgehead atoms. The fourth-order valence-electron chi connectivity index (χ4n) is 3.83. The number of nitrogens with one attached hydrogen (secondary N) is 2. The number of anilines is 3. The molecule has 9 nitrogen and oxygen atoms in total. The van der Waals surface area contributed by atoms with Crippen molar-refractivity contribution < 1.29 is 26.4 Å². The SMILES string of the molecule is CCS(=O)(=O)N1C[C@H](C(=O)Nc2ccc(S(=O)(=O)Nc3ccc(C)cc3C)cc2)Oc2ccccc21. The highest BCUT2D eigenvalue weighted by molar-refractivity contribution is 7.93. The second kappa shape index (κ2) is 9.82. The van der Waals surface area contributed by atoms with Crippen molar-refractivity contribution in [2.24, 2.45) is 0 Å². The van der Waals surface area contributed by atoms with E-state index in [0.29, 0.717) is 22.8 Å². The summed E-state index contributed by atoms with van der Waals surface area (Å²) in [7, 11) is -7.46. The molecule has 3 aromatic carbocycles. The minimum Gasteiger partial charge on any atom is -0.476 e. The summed E-state index contributed by atoms with van der Waals surface area (Å²) in [5.74, 6) is -0.383. The standard InChI is InChI=1S/C25H27N3O6S2/c1-4-35(30,31)28-16-24(34-23-8-6-5-7-22(23)28)25(29)26-19-10-12-20(13-11-19)36(32,33)27-21-14-9-17(2)15-18(21)3/h5-15,24,27H,4,16H2,1-3H3,(H,26,29)/t24-/m1/s1. The Hall–Kier alpha value is -3.57. The van der Waals surface area contributed by atoms with Gasteiger partial charge in [0.15, 0.2) is 6.10 Å². The van der Waals surface area contributed by atoms with Gasteiger partial charge in [-0.3, -0.25) is 13.8 Å². The number of hydrogen-bond donors (Lipinski definition) is 2. The number of carbonyl (C=O) groups excluding carboxylic acids is 1. The minimum absolute atomic E-state index is 0.0310. The Bertz CT molecular complexity index is 1500. The number of amides is 1. The first-order valence-corrected chi connectivity index (χ1v) is 14.4. The number of aryl methyl sites for hydroxylation is 2. The van der Waals surface area contributed by atoms with Gasteiger partial charge in [0.05, 0.1) is 28.6 Å². The molecule has 1 aliphatic rings. The van der Waals surface area contributed by atoms with Crippen molar-refractivity contribution in [1.29, 1.82) is 0 Å². The third kappa shape index (κ3) is 5.31. The van der Waals surface area contributed by atoms with E-state index in [4.69, 9.17) is 4.74 Å². The minimum atomic E-state index is -3.84. The van der Waals surface area contributed by atoms with Crippen LogP contribution in [0.2, 0.25) is 0 Å². The number of hydrogen-bond acceptors (Lipinski definition) is 6. The van der Waals surface area contributed by atoms with Crippen molar-refractivity contribution in [2.45, 2.75) is 31.8 Å². The van der Waals surface area contributed by atoms with Gasteiger partial charge in [-0.2, -0.15) is 0 Å². The van der Waals surface area contributed by atoms with E-state index < -0.39 is 32.1 Å². The monoisotopic (exact) mass is 529 g/mol. The molecule has 0 saturated heterocycles. The molecule has 0 unspecified atom stereocenters. The quantitative estimate of drug-likeness (QED) is 0.482. The number of carbonyl (C=O) groups is 1. The lowest BCUT2D eigenvalue weighted by Crippen LogP contribution is -2.49. The summed E-state index contributed by atoms with van der Waals surface area (Å²) >= 11 is 0. The van der Waals surface area contributed by atoms with Gasteiger partial charge in [-0.05, 0) is 68.8 Å². The van der Waals surface area contributed by atoms with Gasteiger partial charge in [0, 0.05) is 5.69 Å². The molecule has 0 fully saturated rings. The Kier molecular flexibility index (Phi) is 6.96. The number of fused-ring (bicyclic) bond motifs is 1. The molecule has 2 N–H and O–H groups in total. The Morgan fingerprint density at radius 3 is 2.36 bits per heavy atom. The predicted molar refractivity (Wildman–Crippen MR) is 139 cm³/mol. The fourth-order valence-corrected chi connectivity index (χ4v) is 6.09. The van der Waals surface area contributed by atoms with Crippen LogP contribution in [0.5, 0.6) is 5.75 Å². The number of benzene rings is 3. The molecule has 1 heterocycles. The number of rotatable bonds is 7. The molecule has 4 rings (SSSR count). The van der Waals surface area contributed by atoms with Gasteiger partial charge in [-0.15, -0.1) is 0 Å². The lowest BCUT2D eigenvalue weighted by atomic mass is 10.1. The van der Waals surface area contributed by atoms with Crippen LogP contribution in [0.1, 0.15) is 18.1 Å². The molecule has 190 valence electrons. The first kappa shape index (κ1) is 25.5. The summed E-state index contributed by atoms with van der Waals surface area (Å²) in [6.07, 6.45) is -1.09. The molecule has 0 aliphatic carbocycles. The average Bonchev–Trinajstić information content (AvgIpc) is 2.85. The highest BCUT2D eigenvalue weighted by Crippen LogP contribution is 2.35. The van der Waals surface area contributed by atoms with E-state index in [0.717, 1.165) is 11.1 Å². The lowest BCUT2D eigenvalue weighted by Gasteiger charge is -2.34. The summed E-state index contributed by atoms with van der Waals surface area (Å²) < 4.78 is 60.4. The molecule has 1 atom stereocenters. The van der Waals surface area contributed by atoms with Gasteiger partial charge in [-0.1, -0.05) is 29.8 Å². The largest absolute Gasteiger partial charge is 0.476 e. The van der Waals surface area contributed by atoms with Crippen molar-refractivity contribution >= 4 is 43.0 Å². The zero-order chi connectivity index (χ0) is 26.1.